The Hall–Kier alpha value is -0.0800. The topological polar surface area (TPSA) is 15.3 Å². The van der Waals surface area contributed by atoms with Gasteiger partial charge in [-0.15, -0.1) is 0 Å². The molecule has 0 bridgehead atoms. The summed E-state index contributed by atoms with van der Waals surface area (Å²) in [7, 11) is 0. The number of nitrogens with zero attached hydrogens (tertiary/aromatic N) is 1. The standard InChI is InChI=1S/C17H34N2/c1-14(17(2,3)4)19-12-8-11-18-16(13-19)15-9-6-5-7-10-15/h14-16,18H,5-13H2,1-4H3. The van der Waals surface area contributed by atoms with Gasteiger partial charge in [0.2, 0.25) is 0 Å². The summed E-state index contributed by atoms with van der Waals surface area (Å²) in [6.07, 6.45) is 8.59. The molecule has 1 saturated carbocycles. The molecule has 0 radical (unpaired) electrons. The highest BCUT2D eigenvalue weighted by Crippen LogP contribution is 2.30. The second-order valence-electron chi connectivity index (χ2n) is 7.85. The highest BCUT2D eigenvalue weighted by Gasteiger charge is 2.32. The fourth-order valence-corrected chi connectivity index (χ4v) is 3.73. The summed E-state index contributed by atoms with van der Waals surface area (Å²) in [6, 6.07) is 1.42. The first-order valence-electron chi connectivity index (χ1n) is 8.46. The van der Waals surface area contributed by atoms with E-state index in [0.29, 0.717) is 11.5 Å². The minimum absolute atomic E-state index is 0.390. The largest absolute Gasteiger partial charge is 0.312 e. The Balaban J connectivity index is 1.97. The molecule has 2 aliphatic rings. The van der Waals surface area contributed by atoms with Crippen molar-refractivity contribution in [3.63, 3.8) is 0 Å². The highest BCUT2D eigenvalue weighted by molar-refractivity contribution is 4.88. The van der Waals surface area contributed by atoms with Crippen LogP contribution in [0.25, 0.3) is 0 Å². The molecule has 0 aromatic heterocycles. The summed E-state index contributed by atoms with van der Waals surface area (Å²) in [6.45, 7) is 13.3. The van der Waals surface area contributed by atoms with E-state index < -0.39 is 0 Å². The van der Waals surface area contributed by atoms with Crippen LogP contribution in [-0.4, -0.2) is 36.6 Å². The lowest BCUT2D eigenvalue weighted by Crippen LogP contribution is -2.49. The van der Waals surface area contributed by atoms with Gasteiger partial charge in [-0.3, -0.25) is 4.90 Å². The Morgan fingerprint density at radius 3 is 2.37 bits per heavy atom. The predicted molar refractivity (Wildman–Crippen MR) is 83.5 cm³/mol. The molecule has 1 N–H and O–H groups in total. The maximum atomic E-state index is 3.85. The molecule has 2 fully saturated rings. The number of rotatable bonds is 2. The molecule has 0 aromatic rings. The molecule has 112 valence electrons. The summed E-state index contributed by atoms with van der Waals surface area (Å²) < 4.78 is 0. The average molecular weight is 266 g/mol. The van der Waals surface area contributed by atoms with E-state index in [2.05, 4.69) is 37.9 Å². The first-order chi connectivity index (χ1) is 8.98. The summed E-state index contributed by atoms with van der Waals surface area (Å²) in [5, 5.41) is 3.85. The number of hydrogen-bond acceptors (Lipinski definition) is 2. The highest BCUT2D eigenvalue weighted by atomic mass is 15.2. The second-order valence-corrected chi connectivity index (χ2v) is 7.85. The molecule has 1 saturated heterocycles. The van der Waals surface area contributed by atoms with Crippen LogP contribution in [0.15, 0.2) is 0 Å². The van der Waals surface area contributed by atoms with Crippen LogP contribution in [-0.2, 0) is 0 Å². The van der Waals surface area contributed by atoms with Gasteiger partial charge < -0.3 is 5.32 Å². The fourth-order valence-electron chi connectivity index (χ4n) is 3.73. The summed E-state index contributed by atoms with van der Waals surface area (Å²) in [4.78, 5) is 2.75. The van der Waals surface area contributed by atoms with Crippen LogP contribution in [0.4, 0.5) is 0 Å². The molecule has 2 nitrogen and oxygen atoms in total. The van der Waals surface area contributed by atoms with Gasteiger partial charge in [0.05, 0.1) is 0 Å². The molecule has 0 aromatic carbocycles. The van der Waals surface area contributed by atoms with Crippen LogP contribution in [0.5, 0.6) is 0 Å². The van der Waals surface area contributed by atoms with Crippen LogP contribution in [0.3, 0.4) is 0 Å². The van der Waals surface area contributed by atoms with E-state index >= 15 is 0 Å². The Morgan fingerprint density at radius 1 is 1.05 bits per heavy atom. The zero-order chi connectivity index (χ0) is 13.9. The predicted octanol–water partition coefficient (Wildman–Crippen LogP) is 3.67. The zero-order valence-corrected chi connectivity index (χ0v) is 13.5. The van der Waals surface area contributed by atoms with Gasteiger partial charge in [0.15, 0.2) is 0 Å². The van der Waals surface area contributed by atoms with Crippen LogP contribution < -0.4 is 5.32 Å². The molecular formula is C17H34N2. The van der Waals surface area contributed by atoms with Crippen molar-refractivity contribution in [1.82, 2.24) is 10.2 Å². The van der Waals surface area contributed by atoms with E-state index in [1.165, 1.54) is 58.2 Å². The molecule has 2 atom stereocenters. The Morgan fingerprint density at radius 2 is 1.74 bits per heavy atom. The van der Waals surface area contributed by atoms with Gasteiger partial charge in [-0.25, -0.2) is 0 Å². The molecule has 0 spiro atoms. The van der Waals surface area contributed by atoms with Gasteiger partial charge >= 0.3 is 0 Å². The lowest BCUT2D eigenvalue weighted by atomic mass is 9.82. The average Bonchev–Trinajstić information content (AvgIpc) is 2.63. The Bertz CT molecular complexity index is 263. The first-order valence-corrected chi connectivity index (χ1v) is 8.46. The summed E-state index contributed by atoms with van der Waals surface area (Å²) in [5.74, 6) is 0.932. The van der Waals surface area contributed by atoms with Crippen LogP contribution in [0, 0.1) is 11.3 Å². The summed E-state index contributed by atoms with van der Waals surface area (Å²) >= 11 is 0. The van der Waals surface area contributed by atoms with E-state index in [0.717, 1.165) is 12.0 Å². The Kier molecular flexibility index (Phi) is 5.30. The van der Waals surface area contributed by atoms with Crippen molar-refractivity contribution in [3.05, 3.63) is 0 Å². The van der Waals surface area contributed by atoms with E-state index in [4.69, 9.17) is 0 Å². The van der Waals surface area contributed by atoms with Crippen LogP contribution >= 0.6 is 0 Å². The van der Waals surface area contributed by atoms with E-state index in [1.54, 1.807) is 0 Å². The molecule has 1 heterocycles. The lowest BCUT2D eigenvalue weighted by Gasteiger charge is -2.40. The van der Waals surface area contributed by atoms with Gasteiger partial charge in [0, 0.05) is 18.6 Å². The maximum absolute atomic E-state index is 3.85. The minimum Gasteiger partial charge on any atom is -0.312 e. The lowest BCUT2D eigenvalue weighted by molar-refractivity contribution is 0.0984. The van der Waals surface area contributed by atoms with Crippen LogP contribution in [0.2, 0.25) is 0 Å². The van der Waals surface area contributed by atoms with Crippen molar-refractivity contribution in [2.75, 3.05) is 19.6 Å². The molecular weight excluding hydrogens is 232 g/mol. The van der Waals surface area contributed by atoms with Gasteiger partial charge in [-0.1, -0.05) is 40.0 Å². The molecule has 2 rings (SSSR count). The van der Waals surface area contributed by atoms with Gasteiger partial charge in [0.1, 0.15) is 0 Å². The molecule has 19 heavy (non-hydrogen) atoms. The molecule has 0 amide bonds. The fraction of sp³-hybridized carbons (Fsp3) is 1.00. The molecule has 2 heteroatoms. The Labute approximate surface area is 120 Å². The third-order valence-electron chi connectivity index (χ3n) is 5.48. The minimum atomic E-state index is 0.390. The zero-order valence-electron chi connectivity index (χ0n) is 13.5. The van der Waals surface area contributed by atoms with Crippen molar-refractivity contribution in [2.45, 2.75) is 78.3 Å². The molecule has 2 unspecified atom stereocenters. The van der Waals surface area contributed by atoms with Crippen molar-refractivity contribution in [3.8, 4) is 0 Å². The third-order valence-corrected chi connectivity index (χ3v) is 5.48. The van der Waals surface area contributed by atoms with Crippen LogP contribution in [0.1, 0.15) is 66.2 Å². The number of nitrogens with one attached hydrogen (secondary N) is 1. The first kappa shape index (κ1) is 15.3. The van der Waals surface area contributed by atoms with E-state index in [-0.39, 0.29) is 0 Å². The van der Waals surface area contributed by atoms with Gasteiger partial charge in [-0.2, -0.15) is 0 Å². The third kappa shape index (κ3) is 4.19. The van der Waals surface area contributed by atoms with E-state index in [9.17, 15) is 0 Å². The monoisotopic (exact) mass is 266 g/mol. The van der Waals surface area contributed by atoms with Crippen molar-refractivity contribution in [2.24, 2.45) is 11.3 Å². The van der Waals surface area contributed by atoms with E-state index in [1.807, 2.05) is 0 Å². The quantitative estimate of drug-likeness (QED) is 0.820. The maximum Gasteiger partial charge on any atom is 0.0223 e. The van der Waals surface area contributed by atoms with Gasteiger partial charge in [0.25, 0.3) is 0 Å². The molecule has 1 aliphatic carbocycles. The SMILES string of the molecule is CC(N1CCCNC(C2CCCCC2)C1)C(C)(C)C. The van der Waals surface area contributed by atoms with Gasteiger partial charge in [-0.05, 0) is 50.6 Å². The number of hydrogen-bond donors (Lipinski definition) is 1. The van der Waals surface area contributed by atoms with Crippen molar-refractivity contribution < 1.29 is 0 Å². The van der Waals surface area contributed by atoms with Crippen molar-refractivity contribution in [1.29, 1.82) is 0 Å². The smallest absolute Gasteiger partial charge is 0.0223 e. The second kappa shape index (κ2) is 6.58. The molecule has 1 aliphatic heterocycles. The normalized spacial score (nSPS) is 30.0. The summed E-state index contributed by atoms with van der Waals surface area (Å²) in [5.41, 5.74) is 0.390. The van der Waals surface area contributed by atoms with Crippen molar-refractivity contribution >= 4 is 0 Å².